The molecule has 0 radical (unpaired) electrons. The monoisotopic (exact) mass is 1210 g/mol. The van der Waals surface area contributed by atoms with Crippen LogP contribution in [0.15, 0.2) is 171 Å². The predicted octanol–water partition coefficient (Wildman–Crippen LogP) is 6.52. The lowest BCUT2D eigenvalue weighted by Crippen LogP contribution is -2.61. The van der Waals surface area contributed by atoms with E-state index >= 15 is 9.59 Å². The van der Waals surface area contributed by atoms with Gasteiger partial charge in [0.05, 0.1) is 57.6 Å². The smallest absolute Gasteiger partial charge is 0.243 e. The first-order valence-corrected chi connectivity index (χ1v) is 32.1. The van der Waals surface area contributed by atoms with Crippen LogP contribution in [0.2, 0.25) is 0 Å². The molecule has 0 bridgehead atoms. The van der Waals surface area contributed by atoms with Crippen molar-refractivity contribution in [3.8, 4) is 0 Å². The van der Waals surface area contributed by atoms with Crippen molar-refractivity contribution in [1.82, 2.24) is 41.2 Å². The molecule has 0 saturated heterocycles. The zero-order chi connectivity index (χ0) is 61.8. The molecule has 454 valence electrons. The number of hydrogen-bond acceptors (Lipinski definition) is 12. The van der Waals surface area contributed by atoms with E-state index in [9.17, 15) is 36.6 Å². The molecule has 0 aliphatic rings. The quantitative estimate of drug-likeness (QED) is 0.0273. The van der Waals surface area contributed by atoms with Gasteiger partial charge in [0.15, 0.2) is 19.7 Å². The van der Waals surface area contributed by atoms with Crippen LogP contribution < -0.4 is 21.3 Å². The second kappa shape index (κ2) is 28.0. The lowest BCUT2D eigenvalue weighted by atomic mass is 9.90. The molecule has 86 heavy (non-hydrogen) atoms. The molecule has 8 rings (SSSR count). The van der Waals surface area contributed by atoms with Crippen molar-refractivity contribution in [3.63, 3.8) is 0 Å². The molecule has 20 heteroatoms. The Morgan fingerprint density at radius 2 is 0.791 bits per heavy atom. The Kier molecular flexibility index (Phi) is 20.8. The number of rotatable bonds is 27. The summed E-state index contributed by atoms with van der Waals surface area (Å²) in [4.78, 5) is 74.0. The lowest BCUT2D eigenvalue weighted by molar-refractivity contribution is -0.133. The Bertz CT molecular complexity index is 3540. The third kappa shape index (κ3) is 16.7. The molecule has 4 amide bonds. The van der Waals surface area contributed by atoms with E-state index < -0.39 is 113 Å². The normalized spacial score (nSPS) is 15.1. The van der Waals surface area contributed by atoms with E-state index in [1.807, 2.05) is 84.9 Å². The van der Waals surface area contributed by atoms with Crippen LogP contribution in [-0.4, -0.2) is 128 Å². The molecule has 0 aliphatic carbocycles. The number of nitrogens with one attached hydrogen (secondary N) is 6. The topological polar surface area (TPSA) is 282 Å². The molecule has 8 aromatic rings. The fourth-order valence-electron chi connectivity index (χ4n) is 10.5. The summed E-state index contributed by atoms with van der Waals surface area (Å²) < 4.78 is 53.4. The number of sulfone groups is 2. The molecular weight excluding hydrogens is 1130 g/mol. The third-order valence-electron chi connectivity index (χ3n) is 15.8. The van der Waals surface area contributed by atoms with Gasteiger partial charge in [0.1, 0.15) is 24.3 Å². The third-order valence-corrected chi connectivity index (χ3v) is 21.2. The molecule has 6 aromatic carbocycles. The first-order valence-electron chi connectivity index (χ1n) is 28.8. The fourth-order valence-corrected chi connectivity index (χ4v) is 13.1. The zero-order valence-corrected chi connectivity index (χ0v) is 50.9. The number of aromatic amines is 2. The largest absolute Gasteiger partial charge is 0.388 e. The van der Waals surface area contributed by atoms with Crippen molar-refractivity contribution < 1.29 is 46.2 Å². The van der Waals surface area contributed by atoms with Gasteiger partial charge in [-0.1, -0.05) is 146 Å². The average Bonchev–Trinajstić information content (AvgIpc) is 3.40. The minimum atomic E-state index is -3.91. The van der Waals surface area contributed by atoms with Gasteiger partial charge in [-0.2, -0.15) is 0 Å². The van der Waals surface area contributed by atoms with E-state index in [2.05, 4.69) is 41.2 Å². The molecule has 2 aromatic heterocycles. The zero-order valence-electron chi connectivity index (χ0n) is 49.3. The van der Waals surface area contributed by atoms with Crippen molar-refractivity contribution in [1.29, 1.82) is 0 Å². The number of H-pyrrole nitrogens is 2. The summed E-state index contributed by atoms with van der Waals surface area (Å²) >= 11 is 0. The number of hydrogen-bond donors (Lipinski definition) is 8. The van der Waals surface area contributed by atoms with E-state index in [1.165, 1.54) is 25.0 Å². The second-order valence-corrected chi connectivity index (χ2v) is 29.7. The number of fused-ring (bicyclic) bond motifs is 2. The van der Waals surface area contributed by atoms with E-state index in [1.54, 1.807) is 102 Å². The van der Waals surface area contributed by atoms with Gasteiger partial charge >= 0.3 is 0 Å². The lowest BCUT2D eigenvalue weighted by Gasteiger charge is -2.35. The Balaban J connectivity index is 1.10. The summed E-state index contributed by atoms with van der Waals surface area (Å²) in [6.45, 7) is 9.41. The average molecular weight is 1210 g/mol. The van der Waals surface area contributed by atoms with Crippen molar-refractivity contribution in [2.45, 2.75) is 126 Å². The molecule has 0 saturated carbocycles. The number of carbonyl (C=O) groups excluding carboxylic acids is 4. The second-order valence-electron chi connectivity index (χ2n) is 24.1. The molecule has 8 atom stereocenters. The van der Waals surface area contributed by atoms with Gasteiger partial charge in [0.2, 0.25) is 23.6 Å². The highest BCUT2D eigenvalue weighted by Gasteiger charge is 2.41. The number of nitrogens with zero attached hydrogens (tertiary/aromatic N) is 2. The molecule has 0 fully saturated rings. The molecule has 8 N–H and O–H groups in total. The van der Waals surface area contributed by atoms with Crippen LogP contribution in [0.5, 0.6) is 0 Å². The van der Waals surface area contributed by atoms with Crippen LogP contribution in [0.25, 0.3) is 21.5 Å². The molecule has 18 nitrogen and oxygen atoms in total. The predicted molar refractivity (Wildman–Crippen MR) is 334 cm³/mol. The highest BCUT2D eigenvalue weighted by atomic mass is 32.2. The summed E-state index contributed by atoms with van der Waals surface area (Å²) in [5, 5.41) is 40.4. The number of aliphatic hydroxyl groups is 2. The SMILES string of the molecule is CC(C)(C)S(=O)(=O)C[C@@H](Cc1cccc2ccccc12)C(=O)N[C@@H](Cc1cnc[nH]1)C(=O)N[C@@H](Cc1ccccc1)[C@@H](O)[C@H](O)[C@H](Cc1ccccc1)NC(=O)[C@H](Cc1cnc[nH]1)NC(=O)[C@@H](Cc1cccc2ccccc12)CS(=O)(=O)C(C)(C)C. The molecule has 0 spiro atoms. The maximum Gasteiger partial charge on any atom is 0.243 e. The van der Waals surface area contributed by atoms with Crippen LogP contribution in [0.3, 0.4) is 0 Å². The Morgan fingerprint density at radius 1 is 0.442 bits per heavy atom. The molecule has 2 heterocycles. The highest BCUT2D eigenvalue weighted by molar-refractivity contribution is 7.93. The fraction of sp³-hybridized carbons (Fsp3) is 0.364. The molecular formula is C66H78N8O10S2. The van der Waals surface area contributed by atoms with Gasteiger partial charge in [0.25, 0.3) is 0 Å². The summed E-state index contributed by atoms with van der Waals surface area (Å²) in [6, 6.07) is 38.8. The van der Waals surface area contributed by atoms with Gasteiger partial charge in [-0.15, -0.1) is 0 Å². The van der Waals surface area contributed by atoms with Crippen LogP contribution in [0, 0.1) is 11.8 Å². The summed E-state index contributed by atoms with van der Waals surface area (Å²) in [6.07, 6.45) is 1.81. The first kappa shape index (κ1) is 64.0. The maximum absolute atomic E-state index is 15.1. The highest BCUT2D eigenvalue weighted by Crippen LogP contribution is 2.28. The number of carbonyl (C=O) groups is 4. The van der Waals surface area contributed by atoms with Gasteiger partial charge in [0, 0.05) is 36.6 Å². The Hall–Kier alpha value is -8.04. The summed E-state index contributed by atoms with van der Waals surface area (Å²) in [5.74, 6) is -6.35. The number of imidazole rings is 2. The molecule has 0 aliphatic heterocycles. The Labute approximate surface area is 503 Å². The minimum Gasteiger partial charge on any atom is -0.388 e. The van der Waals surface area contributed by atoms with Gasteiger partial charge in [-0.25, -0.2) is 26.8 Å². The van der Waals surface area contributed by atoms with Crippen molar-refractivity contribution in [2.24, 2.45) is 11.8 Å². The van der Waals surface area contributed by atoms with Crippen LogP contribution in [-0.2, 0) is 77.4 Å². The van der Waals surface area contributed by atoms with E-state index in [4.69, 9.17) is 0 Å². The number of benzene rings is 6. The van der Waals surface area contributed by atoms with Gasteiger partial charge in [-0.3, -0.25) is 19.2 Å². The van der Waals surface area contributed by atoms with Crippen molar-refractivity contribution in [2.75, 3.05) is 11.5 Å². The van der Waals surface area contributed by atoms with Gasteiger partial charge < -0.3 is 41.4 Å². The van der Waals surface area contributed by atoms with Crippen LogP contribution in [0.1, 0.15) is 75.2 Å². The van der Waals surface area contributed by atoms with Crippen molar-refractivity contribution in [3.05, 3.63) is 204 Å². The summed E-state index contributed by atoms with van der Waals surface area (Å²) in [7, 11) is -7.82. The first-order chi connectivity index (χ1) is 40.9. The summed E-state index contributed by atoms with van der Waals surface area (Å²) in [5.41, 5.74) is 3.69. The van der Waals surface area contributed by atoms with Gasteiger partial charge in [-0.05, 0) is 111 Å². The molecule has 0 unspecified atom stereocenters. The van der Waals surface area contributed by atoms with Crippen LogP contribution >= 0.6 is 0 Å². The number of aliphatic hydroxyl groups excluding tert-OH is 2. The van der Waals surface area contributed by atoms with E-state index in [0.717, 1.165) is 32.7 Å². The maximum atomic E-state index is 15.1. The minimum absolute atomic E-state index is 0.0220. The van der Waals surface area contributed by atoms with E-state index in [0.29, 0.717) is 22.5 Å². The van der Waals surface area contributed by atoms with Crippen LogP contribution in [0.4, 0.5) is 0 Å². The Morgan fingerprint density at radius 3 is 1.14 bits per heavy atom. The number of amides is 4. The standard InChI is InChI=1S/C66H78N8O10S2/c1-65(2,3)85(81,82)39-49(33-47-27-17-25-45-23-13-15-29-53(45)47)61(77)73-57(35-51-37-67-41-69-51)63(79)71-55(31-43-19-9-7-10-20-43)59(75)60(76)56(32-44-21-11-8-12-22-44)72-64(80)58(36-52-38-68-42-70-52)74-62(78)50(40-86(83,84)66(4,5)6)34-48-28-18-26-46-24-14-16-30-54(46)48/h7-30,37-38,41-42,49-50,55-60,75-76H,31-36,39-40H2,1-6H3,(H,67,69)(H,68,70)(H,71,79)(H,72,80)(H,73,77)(H,74,78)/t49-,50+,55-,56-,57-,58-,59+,60+/m0/s1. The van der Waals surface area contributed by atoms with E-state index in [-0.39, 0.29) is 38.5 Å². The van der Waals surface area contributed by atoms with Crippen molar-refractivity contribution >= 4 is 64.8 Å². The number of aromatic nitrogens is 4.